The SMILES string of the molecule is O=C(O)NCCCCC(=O)Nc1cccc2c1CN(C1CCC(=O)NC1=O)C2=O. The summed E-state index contributed by atoms with van der Waals surface area (Å²) in [5, 5.41) is 15.8. The fourth-order valence-electron chi connectivity index (χ4n) is 3.52. The van der Waals surface area contributed by atoms with Gasteiger partial charge in [0.1, 0.15) is 6.04 Å². The largest absolute Gasteiger partial charge is 0.465 e. The van der Waals surface area contributed by atoms with Gasteiger partial charge in [-0.15, -0.1) is 0 Å². The van der Waals surface area contributed by atoms with E-state index in [1.165, 1.54) is 4.90 Å². The first kappa shape index (κ1) is 20.3. The van der Waals surface area contributed by atoms with Gasteiger partial charge in [0.25, 0.3) is 5.91 Å². The van der Waals surface area contributed by atoms with Crippen LogP contribution >= 0.6 is 0 Å². The predicted octanol–water partition coefficient (Wildman–Crippen LogP) is 0.824. The van der Waals surface area contributed by atoms with Crippen molar-refractivity contribution in [2.45, 2.75) is 44.7 Å². The van der Waals surface area contributed by atoms with Crippen molar-refractivity contribution in [3.8, 4) is 0 Å². The second-order valence-electron chi connectivity index (χ2n) is 6.97. The molecule has 29 heavy (non-hydrogen) atoms. The number of nitrogens with one attached hydrogen (secondary N) is 3. The quantitative estimate of drug-likeness (QED) is 0.393. The number of unbranched alkanes of at least 4 members (excludes halogenated alkanes) is 1. The van der Waals surface area contributed by atoms with Crippen molar-refractivity contribution in [1.29, 1.82) is 0 Å². The summed E-state index contributed by atoms with van der Waals surface area (Å²) in [4.78, 5) is 60.3. The van der Waals surface area contributed by atoms with Gasteiger partial charge in [-0.3, -0.25) is 24.5 Å². The first-order valence-corrected chi connectivity index (χ1v) is 9.40. The lowest BCUT2D eigenvalue weighted by Crippen LogP contribution is -2.52. The molecule has 2 aliphatic rings. The second-order valence-corrected chi connectivity index (χ2v) is 6.97. The average molecular weight is 402 g/mol. The van der Waals surface area contributed by atoms with Crippen molar-refractivity contribution < 1.29 is 29.1 Å². The van der Waals surface area contributed by atoms with Crippen molar-refractivity contribution in [1.82, 2.24) is 15.5 Å². The van der Waals surface area contributed by atoms with Crippen LogP contribution < -0.4 is 16.0 Å². The van der Waals surface area contributed by atoms with Gasteiger partial charge in [-0.25, -0.2) is 4.79 Å². The van der Waals surface area contributed by atoms with E-state index < -0.39 is 18.0 Å². The number of hydrogen-bond donors (Lipinski definition) is 4. The van der Waals surface area contributed by atoms with Crippen molar-refractivity contribution in [3.05, 3.63) is 29.3 Å². The summed E-state index contributed by atoms with van der Waals surface area (Å²) in [7, 11) is 0. The third-order valence-corrected chi connectivity index (χ3v) is 4.96. The van der Waals surface area contributed by atoms with Gasteiger partial charge in [-0.05, 0) is 31.4 Å². The van der Waals surface area contributed by atoms with Gasteiger partial charge in [0.05, 0.1) is 0 Å². The van der Waals surface area contributed by atoms with Crippen LogP contribution in [0.1, 0.15) is 48.0 Å². The minimum Gasteiger partial charge on any atom is -0.465 e. The maximum absolute atomic E-state index is 12.8. The molecule has 5 amide bonds. The maximum atomic E-state index is 12.8. The summed E-state index contributed by atoms with van der Waals surface area (Å²) in [6.45, 7) is 0.457. The molecule has 3 rings (SSSR count). The van der Waals surface area contributed by atoms with Gasteiger partial charge in [0, 0.05) is 42.7 Å². The molecule has 0 spiro atoms. The normalized spacial score (nSPS) is 18.3. The summed E-state index contributed by atoms with van der Waals surface area (Å²) < 4.78 is 0. The molecule has 0 saturated carbocycles. The fourth-order valence-corrected chi connectivity index (χ4v) is 3.52. The standard InChI is InChI=1S/C19H22N4O6/c24-15(6-1-2-9-20-19(28)29)21-13-5-3-4-11-12(13)10-23(18(11)27)14-7-8-16(25)22-17(14)26/h3-5,14,20H,1-2,6-10H2,(H,21,24)(H,28,29)(H,22,25,26). The zero-order valence-corrected chi connectivity index (χ0v) is 15.7. The molecule has 4 N–H and O–H groups in total. The number of carbonyl (C=O) groups excluding carboxylic acids is 4. The van der Waals surface area contributed by atoms with Crippen LogP contribution in [0, 0.1) is 0 Å². The summed E-state index contributed by atoms with van der Waals surface area (Å²) in [6.07, 6.45) is 0.625. The predicted molar refractivity (Wildman–Crippen MR) is 101 cm³/mol. The number of piperidine rings is 1. The zero-order chi connectivity index (χ0) is 21.0. The molecule has 0 radical (unpaired) electrons. The Labute approximate surface area is 166 Å². The Morgan fingerprint density at radius 3 is 2.72 bits per heavy atom. The van der Waals surface area contributed by atoms with Crippen molar-refractivity contribution >= 4 is 35.4 Å². The smallest absolute Gasteiger partial charge is 0.404 e. The minimum absolute atomic E-state index is 0.177. The Morgan fingerprint density at radius 2 is 2.00 bits per heavy atom. The molecule has 1 fully saturated rings. The lowest BCUT2D eigenvalue weighted by Gasteiger charge is -2.29. The molecule has 1 saturated heterocycles. The van der Waals surface area contributed by atoms with Crippen molar-refractivity contribution in [3.63, 3.8) is 0 Å². The van der Waals surface area contributed by atoms with Crippen LogP contribution in [0.5, 0.6) is 0 Å². The fraction of sp³-hybridized carbons (Fsp3) is 0.421. The second kappa shape index (κ2) is 8.72. The van der Waals surface area contributed by atoms with E-state index in [1.54, 1.807) is 18.2 Å². The molecule has 0 aromatic heterocycles. The summed E-state index contributed by atoms with van der Waals surface area (Å²) in [5.41, 5.74) is 1.58. The van der Waals surface area contributed by atoms with Crippen LogP contribution in [0.2, 0.25) is 0 Å². The number of amides is 5. The number of fused-ring (bicyclic) bond motifs is 1. The molecule has 10 heteroatoms. The van der Waals surface area contributed by atoms with Crippen LogP contribution in [0.4, 0.5) is 10.5 Å². The number of carbonyl (C=O) groups is 5. The number of imide groups is 1. The Hall–Kier alpha value is -3.43. The lowest BCUT2D eigenvalue weighted by molar-refractivity contribution is -0.137. The first-order valence-electron chi connectivity index (χ1n) is 9.40. The molecule has 2 aliphatic heterocycles. The molecule has 1 aromatic rings. The monoisotopic (exact) mass is 402 g/mol. The number of rotatable bonds is 7. The minimum atomic E-state index is -1.10. The molecular weight excluding hydrogens is 380 g/mol. The van der Waals surface area contributed by atoms with E-state index in [2.05, 4.69) is 16.0 Å². The van der Waals surface area contributed by atoms with E-state index in [4.69, 9.17) is 5.11 Å². The van der Waals surface area contributed by atoms with Gasteiger partial charge in [0.2, 0.25) is 17.7 Å². The molecule has 0 bridgehead atoms. The Bertz CT molecular complexity index is 868. The van der Waals surface area contributed by atoms with E-state index in [9.17, 15) is 24.0 Å². The third kappa shape index (κ3) is 4.71. The molecule has 0 aliphatic carbocycles. The molecule has 1 atom stereocenters. The molecule has 2 heterocycles. The van der Waals surface area contributed by atoms with Gasteiger partial charge >= 0.3 is 6.09 Å². The van der Waals surface area contributed by atoms with Gasteiger partial charge in [-0.2, -0.15) is 0 Å². The number of hydrogen-bond acceptors (Lipinski definition) is 5. The van der Waals surface area contributed by atoms with Gasteiger partial charge in [0.15, 0.2) is 0 Å². The number of anilines is 1. The van der Waals surface area contributed by atoms with Crippen LogP contribution in [0.25, 0.3) is 0 Å². The molecule has 154 valence electrons. The summed E-state index contributed by atoms with van der Waals surface area (Å²) in [5.74, 6) is -1.36. The van der Waals surface area contributed by atoms with E-state index in [1.807, 2.05) is 0 Å². The van der Waals surface area contributed by atoms with E-state index in [0.717, 1.165) is 0 Å². The first-order chi connectivity index (χ1) is 13.9. The van der Waals surface area contributed by atoms with Gasteiger partial charge in [-0.1, -0.05) is 6.07 Å². The maximum Gasteiger partial charge on any atom is 0.404 e. The summed E-state index contributed by atoms with van der Waals surface area (Å²) in [6, 6.07) is 4.30. The van der Waals surface area contributed by atoms with Crippen LogP contribution in [-0.4, -0.2) is 52.3 Å². The summed E-state index contributed by atoms with van der Waals surface area (Å²) >= 11 is 0. The highest BCUT2D eigenvalue weighted by molar-refractivity contribution is 6.06. The topological polar surface area (TPSA) is 145 Å². The number of benzene rings is 1. The van der Waals surface area contributed by atoms with Crippen molar-refractivity contribution in [2.75, 3.05) is 11.9 Å². The molecule has 10 nitrogen and oxygen atoms in total. The highest BCUT2D eigenvalue weighted by atomic mass is 16.4. The van der Waals surface area contributed by atoms with Crippen molar-refractivity contribution in [2.24, 2.45) is 0 Å². The number of nitrogens with zero attached hydrogens (tertiary/aromatic N) is 1. The van der Waals surface area contributed by atoms with E-state index in [-0.39, 0.29) is 50.1 Å². The lowest BCUT2D eigenvalue weighted by atomic mass is 10.0. The zero-order valence-electron chi connectivity index (χ0n) is 15.7. The van der Waals surface area contributed by atoms with Crippen LogP contribution in [0.3, 0.4) is 0 Å². The number of carboxylic acid groups (broad SMARTS) is 1. The Kier molecular flexibility index (Phi) is 6.10. The van der Waals surface area contributed by atoms with E-state index >= 15 is 0 Å². The Morgan fingerprint density at radius 1 is 1.21 bits per heavy atom. The average Bonchev–Trinajstić information content (AvgIpc) is 2.99. The third-order valence-electron chi connectivity index (χ3n) is 4.96. The van der Waals surface area contributed by atoms with Gasteiger partial charge < -0.3 is 20.6 Å². The van der Waals surface area contributed by atoms with Crippen LogP contribution in [-0.2, 0) is 20.9 Å². The van der Waals surface area contributed by atoms with E-state index in [0.29, 0.717) is 29.7 Å². The Balaban J connectivity index is 1.61. The molecular formula is C19H22N4O6. The molecule has 1 unspecified atom stereocenters. The highest BCUT2D eigenvalue weighted by Gasteiger charge is 2.39. The van der Waals surface area contributed by atoms with Crippen LogP contribution in [0.15, 0.2) is 18.2 Å². The highest BCUT2D eigenvalue weighted by Crippen LogP contribution is 2.32. The molecule has 1 aromatic carbocycles.